The van der Waals surface area contributed by atoms with Gasteiger partial charge in [0.15, 0.2) is 0 Å². The van der Waals surface area contributed by atoms with Crippen molar-refractivity contribution < 1.29 is 23.0 Å². The molecule has 0 aliphatic heterocycles. The molecule has 0 aliphatic rings. The molecule has 0 aromatic heterocycles. The highest BCUT2D eigenvalue weighted by atomic mass is 19.4. The Hall–Kier alpha value is -2.17. The zero-order valence-electron chi connectivity index (χ0n) is 9.11. The van der Waals surface area contributed by atoms with Crippen LogP contribution in [0.2, 0.25) is 0 Å². The monoisotopic (exact) mass is 254 g/mol. The van der Waals surface area contributed by atoms with Crippen LogP contribution >= 0.6 is 0 Å². The zero-order valence-corrected chi connectivity index (χ0v) is 9.11. The highest BCUT2D eigenvalue weighted by molar-refractivity contribution is 5.66. The second kappa shape index (κ2) is 4.60. The van der Waals surface area contributed by atoms with Gasteiger partial charge in [-0.15, -0.1) is 13.2 Å². The summed E-state index contributed by atoms with van der Waals surface area (Å²) < 4.78 is 40.1. The number of aromatic hydroxyl groups is 1. The van der Waals surface area contributed by atoms with Gasteiger partial charge >= 0.3 is 6.36 Å². The van der Waals surface area contributed by atoms with E-state index >= 15 is 0 Å². The van der Waals surface area contributed by atoms with Crippen molar-refractivity contribution in [3.63, 3.8) is 0 Å². The van der Waals surface area contributed by atoms with Crippen molar-refractivity contribution in [2.75, 3.05) is 0 Å². The predicted octanol–water partition coefficient (Wildman–Crippen LogP) is 3.96. The number of phenolic OH excluding ortho intramolecular Hbond substituents is 1. The van der Waals surface area contributed by atoms with Gasteiger partial charge in [0.05, 0.1) is 0 Å². The lowest BCUT2D eigenvalue weighted by Gasteiger charge is -2.11. The lowest BCUT2D eigenvalue weighted by molar-refractivity contribution is -0.274. The molecular formula is C13H9F3O2. The molecule has 0 saturated carbocycles. The molecule has 0 atom stereocenters. The number of rotatable bonds is 2. The minimum atomic E-state index is -4.78. The lowest BCUT2D eigenvalue weighted by atomic mass is 10.1. The van der Waals surface area contributed by atoms with Crippen LogP contribution in [-0.2, 0) is 0 Å². The number of hydrogen-bond acceptors (Lipinski definition) is 2. The fourth-order valence-electron chi connectivity index (χ4n) is 1.57. The minimum Gasteiger partial charge on any atom is -0.508 e. The van der Waals surface area contributed by atoms with Crippen molar-refractivity contribution in [1.82, 2.24) is 0 Å². The molecule has 2 nitrogen and oxygen atoms in total. The molecule has 0 spiro atoms. The van der Waals surface area contributed by atoms with Crippen LogP contribution in [0.25, 0.3) is 11.1 Å². The second-order valence-corrected chi connectivity index (χ2v) is 3.63. The van der Waals surface area contributed by atoms with Crippen LogP contribution in [0.15, 0.2) is 48.5 Å². The molecule has 0 aliphatic carbocycles. The third-order valence-electron chi connectivity index (χ3n) is 2.23. The van der Waals surface area contributed by atoms with E-state index in [2.05, 4.69) is 4.74 Å². The quantitative estimate of drug-likeness (QED) is 0.879. The first-order valence-electron chi connectivity index (χ1n) is 5.09. The van der Waals surface area contributed by atoms with Crippen LogP contribution in [0, 0.1) is 0 Å². The van der Waals surface area contributed by atoms with Crippen LogP contribution in [0.1, 0.15) is 0 Å². The van der Waals surface area contributed by atoms with Gasteiger partial charge in [0.25, 0.3) is 0 Å². The summed E-state index contributed by atoms with van der Waals surface area (Å²) >= 11 is 0. The Balaban J connectivity index is 2.39. The summed E-state index contributed by atoms with van der Waals surface area (Å²) in [5.74, 6) is -0.725. The van der Waals surface area contributed by atoms with E-state index in [-0.39, 0.29) is 5.75 Å². The van der Waals surface area contributed by atoms with Crippen LogP contribution in [0.4, 0.5) is 13.2 Å². The van der Waals surface area contributed by atoms with Crippen LogP contribution in [0.5, 0.6) is 11.5 Å². The molecule has 0 heterocycles. The van der Waals surface area contributed by atoms with Gasteiger partial charge in [-0.25, -0.2) is 0 Å². The zero-order chi connectivity index (χ0) is 13.2. The van der Waals surface area contributed by atoms with Gasteiger partial charge in [-0.05, 0) is 23.3 Å². The molecule has 2 rings (SSSR count). The van der Waals surface area contributed by atoms with Crippen LogP contribution in [0.3, 0.4) is 0 Å². The summed E-state index contributed by atoms with van der Waals surface area (Å²) in [5, 5.41) is 9.40. The molecule has 94 valence electrons. The van der Waals surface area contributed by atoms with Crippen molar-refractivity contribution in [3.8, 4) is 22.6 Å². The number of benzene rings is 2. The Morgan fingerprint density at radius 3 is 2.17 bits per heavy atom. The summed E-state index contributed by atoms with van der Waals surface area (Å²) in [4.78, 5) is 0. The summed E-state index contributed by atoms with van der Waals surface area (Å²) in [6, 6.07) is 12.3. The van der Waals surface area contributed by atoms with Crippen molar-refractivity contribution in [2.24, 2.45) is 0 Å². The highest BCUT2D eigenvalue weighted by Crippen LogP contribution is 2.32. The Morgan fingerprint density at radius 2 is 1.56 bits per heavy atom. The predicted molar refractivity (Wildman–Crippen MR) is 60.2 cm³/mol. The van der Waals surface area contributed by atoms with Gasteiger partial charge in [0.2, 0.25) is 0 Å². The highest BCUT2D eigenvalue weighted by Gasteiger charge is 2.31. The first-order valence-corrected chi connectivity index (χ1v) is 5.09. The molecule has 1 N–H and O–H groups in total. The minimum absolute atomic E-state index is 0.282. The van der Waals surface area contributed by atoms with Crippen molar-refractivity contribution in [1.29, 1.82) is 0 Å². The molecule has 0 bridgehead atoms. The molecule has 0 radical (unpaired) electrons. The largest absolute Gasteiger partial charge is 0.573 e. The van der Waals surface area contributed by atoms with E-state index < -0.39 is 12.1 Å². The first-order chi connectivity index (χ1) is 8.44. The van der Waals surface area contributed by atoms with E-state index in [0.29, 0.717) is 11.1 Å². The number of halogens is 3. The van der Waals surface area contributed by atoms with E-state index in [9.17, 15) is 18.3 Å². The van der Waals surface area contributed by atoms with E-state index in [1.54, 1.807) is 30.3 Å². The maximum atomic E-state index is 12.1. The molecule has 0 fully saturated rings. The SMILES string of the molecule is Oc1cc(OC(F)(F)F)cc(-c2ccccc2)c1. The number of ether oxygens (including phenoxy) is 1. The van der Waals surface area contributed by atoms with Gasteiger partial charge in [0, 0.05) is 6.07 Å². The topological polar surface area (TPSA) is 29.5 Å². The van der Waals surface area contributed by atoms with E-state index in [1.807, 2.05) is 0 Å². The number of alkyl halides is 3. The Bertz CT molecular complexity index is 536. The fourth-order valence-corrected chi connectivity index (χ4v) is 1.57. The smallest absolute Gasteiger partial charge is 0.508 e. The molecule has 2 aromatic rings. The second-order valence-electron chi connectivity index (χ2n) is 3.63. The van der Waals surface area contributed by atoms with Gasteiger partial charge < -0.3 is 9.84 Å². The number of hydrogen-bond donors (Lipinski definition) is 1. The van der Waals surface area contributed by atoms with Crippen molar-refractivity contribution in [3.05, 3.63) is 48.5 Å². The van der Waals surface area contributed by atoms with Gasteiger partial charge in [-0.1, -0.05) is 30.3 Å². The van der Waals surface area contributed by atoms with E-state index in [0.717, 1.165) is 6.07 Å². The summed E-state index contributed by atoms with van der Waals surface area (Å²) in [6.07, 6.45) is -4.78. The Kier molecular flexibility index (Phi) is 3.14. The molecular weight excluding hydrogens is 245 g/mol. The third kappa shape index (κ3) is 3.16. The maximum absolute atomic E-state index is 12.1. The average Bonchev–Trinajstić information content (AvgIpc) is 2.27. The molecule has 5 heteroatoms. The van der Waals surface area contributed by atoms with Crippen LogP contribution in [-0.4, -0.2) is 11.5 Å². The standard InChI is InChI=1S/C13H9F3O2/c14-13(15,16)18-12-7-10(6-11(17)8-12)9-4-2-1-3-5-9/h1-8,17H. The molecule has 2 aromatic carbocycles. The van der Waals surface area contributed by atoms with E-state index in [4.69, 9.17) is 0 Å². The molecule has 0 amide bonds. The number of phenols is 1. The normalized spacial score (nSPS) is 11.3. The fraction of sp³-hybridized carbons (Fsp3) is 0.0769. The Labute approximate surface area is 101 Å². The summed E-state index contributed by atoms with van der Waals surface area (Å²) in [5.41, 5.74) is 1.15. The van der Waals surface area contributed by atoms with E-state index in [1.165, 1.54) is 12.1 Å². The molecule has 0 unspecified atom stereocenters. The van der Waals surface area contributed by atoms with Crippen molar-refractivity contribution in [2.45, 2.75) is 6.36 Å². The third-order valence-corrected chi connectivity index (χ3v) is 2.23. The van der Waals surface area contributed by atoms with Gasteiger partial charge in [0.1, 0.15) is 11.5 Å². The van der Waals surface area contributed by atoms with Crippen LogP contribution < -0.4 is 4.74 Å². The lowest BCUT2D eigenvalue weighted by Crippen LogP contribution is -2.17. The summed E-state index contributed by atoms with van der Waals surface area (Å²) in [6.45, 7) is 0. The van der Waals surface area contributed by atoms with Crippen molar-refractivity contribution >= 4 is 0 Å². The molecule has 0 saturated heterocycles. The van der Waals surface area contributed by atoms with Gasteiger partial charge in [-0.3, -0.25) is 0 Å². The first kappa shape index (κ1) is 12.3. The average molecular weight is 254 g/mol. The summed E-state index contributed by atoms with van der Waals surface area (Å²) in [7, 11) is 0. The maximum Gasteiger partial charge on any atom is 0.573 e. The molecule has 18 heavy (non-hydrogen) atoms. The Morgan fingerprint density at radius 1 is 0.889 bits per heavy atom. The van der Waals surface area contributed by atoms with Gasteiger partial charge in [-0.2, -0.15) is 0 Å².